The molecule has 1 aliphatic heterocycles. The maximum Gasteiger partial charge on any atom is 0.307 e. The average Bonchev–Trinajstić information content (AvgIpc) is 2.53. The molecule has 0 aromatic heterocycles. The standard InChI is InChI=1S/C15H20N2O5S/c1-10-7-12(15(19)20)9-17(8-10)23(21,22)13-5-3-11(4-6-13)14(18)16-2/h3-6,10,12H,7-9H2,1-2H3,(H,16,18)(H,19,20). The van der Waals surface area contributed by atoms with Gasteiger partial charge in [0.2, 0.25) is 10.0 Å². The molecule has 1 aromatic carbocycles. The van der Waals surface area contributed by atoms with Crippen LogP contribution >= 0.6 is 0 Å². The first-order chi connectivity index (χ1) is 10.8. The van der Waals surface area contributed by atoms with Crippen LogP contribution in [0.2, 0.25) is 0 Å². The first kappa shape index (κ1) is 17.4. The Hall–Kier alpha value is -1.93. The van der Waals surface area contributed by atoms with E-state index < -0.39 is 21.9 Å². The number of carbonyl (C=O) groups is 2. The van der Waals surface area contributed by atoms with Crippen LogP contribution in [0, 0.1) is 11.8 Å². The van der Waals surface area contributed by atoms with E-state index in [0.717, 1.165) is 0 Å². The summed E-state index contributed by atoms with van der Waals surface area (Å²) in [5.74, 6) is -2.00. The molecule has 1 heterocycles. The minimum absolute atomic E-state index is 0.0234. The molecule has 0 bridgehead atoms. The number of rotatable bonds is 4. The van der Waals surface area contributed by atoms with Gasteiger partial charge in [-0.3, -0.25) is 9.59 Å². The molecule has 1 saturated heterocycles. The summed E-state index contributed by atoms with van der Waals surface area (Å²) < 4.78 is 26.6. The fourth-order valence-corrected chi connectivity index (χ4v) is 4.35. The van der Waals surface area contributed by atoms with Crippen LogP contribution in [0.5, 0.6) is 0 Å². The van der Waals surface area contributed by atoms with E-state index in [2.05, 4.69) is 5.32 Å². The van der Waals surface area contributed by atoms with E-state index in [-0.39, 0.29) is 23.3 Å². The molecule has 1 aliphatic rings. The summed E-state index contributed by atoms with van der Waals surface area (Å²) in [4.78, 5) is 22.8. The Bertz CT molecular complexity index is 699. The summed E-state index contributed by atoms with van der Waals surface area (Å²) >= 11 is 0. The van der Waals surface area contributed by atoms with Gasteiger partial charge in [-0.05, 0) is 36.6 Å². The van der Waals surface area contributed by atoms with Crippen LogP contribution in [0.4, 0.5) is 0 Å². The molecule has 0 aliphatic carbocycles. The van der Waals surface area contributed by atoms with Gasteiger partial charge in [-0.25, -0.2) is 8.42 Å². The Morgan fingerprint density at radius 1 is 1.22 bits per heavy atom. The van der Waals surface area contributed by atoms with Gasteiger partial charge in [0.25, 0.3) is 5.91 Å². The normalized spacial score (nSPS) is 22.5. The second kappa shape index (κ2) is 6.67. The molecule has 2 rings (SSSR count). The maximum atomic E-state index is 12.7. The van der Waals surface area contributed by atoms with Gasteiger partial charge in [0.05, 0.1) is 10.8 Å². The zero-order valence-corrected chi connectivity index (χ0v) is 13.8. The largest absolute Gasteiger partial charge is 0.481 e. The summed E-state index contributed by atoms with van der Waals surface area (Å²) in [7, 11) is -2.28. The van der Waals surface area contributed by atoms with Crippen LogP contribution in [0.1, 0.15) is 23.7 Å². The fraction of sp³-hybridized carbons (Fsp3) is 0.467. The SMILES string of the molecule is CNC(=O)c1ccc(S(=O)(=O)N2CC(C)CC(C(=O)O)C2)cc1. The molecule has 126 valence electrons. The van der Waals surface area contributed by atoms with Gasteiger partial charge in [-0.1, -0.05) is 6.92 Å². The van der Waals surface area contributed by atoms with Crippen molar-refractivity contribution in [2.24, 2.45) is 11.8 Å². The van der Waals surface area contributed by atoms with Gasteiger partial charge < -0.3 is 10.4 Å². The minimum Gasteiger partial charge on any atom is -0.481 e. The highest BCUT2D eigenvalue weighted by Crippen LogP contribution is 2.27. The van der Waals surface area contributed by atoms with Crippen molar-refractivity contribution < 1.29 is 23.1 Å². The Labute approximate surface area is 135 Å². The smallest absolute Gasteiger partial charge is 0.307 e. The van der Waals surface area contributed by atoms with E-state index in [9.17, 15) is 18.0 Å². The number of carboxylic acids is 1. The summed E-state index contributed by atoms with van der Waals surface area (Å²) in [6.07, 6.45) is 0.469. The molecule has 7 nitrogen and oxygen atoms in total. The van der Waals surface area contributed by atoms with Crippen molar-refractivity contribution in [3.8, 4) is 0 Å². The molecule has 1 aromatic rings. The number of sulfonamides is 1. The van der Waals surface area contributed by atoms with E-state index in [4.69, 9.17) is 5.11 Å². The molecular weight excluding hydrogens is 320 g/mol. The van der Waals surface area contributed by atoms with Crippen molar-refractivity contribution in [2.75, 3.05) is 20.1 Å². The number of benzene rings is 1. The molecule has 2 N–H and O–H groups in total. The number of carbonyl (C=O) groups excluding carboxylic acids is 1. The Morgan fingerprint density at radius 2 is 1.83 bits per heavy atom. The van der Waals surface area contributed by atoms with Crippen molar-refractivity contribution in [3.63, 3.8) is 0 Å². The monoisotopic (exact) mass is 340 g/mol. The van der Waals surface area contributed by atoms with Gasteiger partial charge in [-0.2, -0.15) is 4.31 Å². The third-order valence-corrected chi connectivity index (χ3v) is 5.80. The first-order valence-corrected chi connectivity index (χ1v) is 8.74. The summed E-state index contributed by atoms with van der Waals surface area (Å²) in [6, 6.07) is 5.62. The van der Waals surface area contributed by atoms with Crippen molar-refractivity contribution in [1.82, 2.24) is 9.62 Å². The van der Waals surface area contributed by atoms with Crippen molar-refractivity contribution in [2.45, 2.75) is 18.2 Å². The molecule has 23 heavy (non-hydrogen) atoms. The van der Waals surface area contributed by atoms with Crippen LogP contribution in [0.15, 0.2) is 29.2 Å². The van der Waals surface area contributed by atoms with Gasteiger partial charge in [0, 0.05) is 25.7 Å². The molecule has 0 saturated carbocycles. The summed E-state index contributed by atoms with van der Waals surface area (Å²) in [6.45, 7) is 2.11. The third-order valence-electron chi connectivity index (χ3n) is 3.96. The predicted molar refractivity (Wildman–Crippen MR) is 83.5 cm³/mol. The van der Waals surface area contributed by atoms with Crippen LogP contribution in [0.3, 0.4) is 0 Å². The number of piperidine rings is 1. The number of hydrogen-bond acceptors (Lipinski definition) is 4. The molecule has 0 spiro atoms. The van der Waals surface area contributed by atoms with Gasteiger partial charge in [-0.15, -0.1) is 0 Å². The van der Waals surface area contributed by atoms with Crippen molar-refractivity contribution in [3.05, 3.63) is 29.8 Å². The second-order valence-electron chi connectivity index (χ2n) is 5.80. The Kier molecular flexibility index (Phi) is 5.06. The quantitative estimate of drug-likeness (QED) is 0.843. The Morgan fingerprint density at radius 3 is 2.35 bits per heavy atom. The lowest BCUT2D eigenvalue weighted by molar-refractivity contribution is -0.143. The van der Waals surface area contributed by atoms with Gasteiger partial charge >= 0.3 is 5.97 Å². The van der Waals surface area contributed by atoms with E-state index in [1.54, 1.807) is 0 Å². The van der Waals surface area contributed by atoms with Crippen LogP contribution < -0.4 is 5.32 Å². The third kappa shape index (κ3) is 3.70. The lowest BCUT2D eigenvalue weighted by Crippen LogP contribution is -2.45. The topological polar surface area (TPSA) is 104 Å². The highest BCUT2D eigenvalue weighted by atomic mass is 32.2. The number of nitrogens with zero attached hydrogens (tertiary/aromatic N) is 1. The molecule has 2 atom stereocenters. The van der Waals surface area contributed by atoms with Crippen molar-refractivity contribution in [1.29, 1.82) is 0 Å². The van der Waals surface area contributed by atoms with Crippen LogP contribution in [-0.4, -0.2) is 49.8 Å². The zero-order valence-electron chi connectivity index (χ0n) is 13.0. The predicted octanol–water partition coefficient (Wildman–Crippen LogP) is 0.778. The minimum atomic E-state index is -3.77. The number of amides is 1. The highest BCUT2D eigenvalue weighted by Gasteiger charge is 2.36. The van der Waals surface area contributed by atoms with E-state index in [1.807, 2.05) is 6.92 Å². The highest BCUT2D eigenvalue weighted by molar-refractivity contribution is 7.89. The summed E-state index contributed by atoms with van der Waals surface area (Å²) in [5, 5.41) is 11.6. The van der Waals surface area contributed by atoms with Crippen LogP contribution in [-0.2, 0) is 14.8 Å². The molecule has 1 fully saturated rings. The molecule has 0 radical (unpaired) electrons. The van der Waals surface area contributed by atoms with E-state index in [0.29, 0.717) is 18.5 Å². The first-order valence-electron chi connectivity index (χ1n) is 7.30. The second-order valence-corrected chi connectivity index (χ2v) is 7.74. The molecule has 1 amide bonds. The van der Waals surface area contributed by atoms with Crippen molar-refractivity contribution >= 4 is 21.9 Å². The number of hydrogen-bond donors (Lipinski definition) is 2. The number of nitrogens with one attached hydrogen (secondary N) is 1. The van der Waals surface area contributed by atoms with Crippen LogP contribution in [0.25, 0.3) is 0 Å². The number of aliphatic carboxylic acids is 1. The fourth-order valence-electron chi connectivity index (χ4n) is 2.75. The zero-order chi connectivity index (χ0) is 17.2. The molecular formula is C15H20N2O5S. The van der Waals surface area contributed by atoms with Gasteiger partial charge in [0.15, 0.2) is 0 Å². The van der Waals surface area contributed by atoms with E-state index >= 15 is 0 Å². The van der Waals surface area contributed by atoms with Gasteiger partial charge in [0.1, 0.15) is 0 Å². The Balaban J connectivity index is 2.26. The lowest BCUT2D eigenvalue weighted by Gasteiger charge is -2.33. The lowest BCUT2D eigenvalue weighted by atomic mass is 9.92. The average molecular weight is 340 g/mol. The van der Waals surface area contributed by atoms with E-state index in [1.165, 1.54) is 35.6 Å². The molecule has 2 unspecified atom stereocenters. The molecule has 8 heteroatoms. The maximum absolute atomic E-state index is 12.7. The summed E-state index contributed by atoms with van der Waals surface area (Å²) in [5.41, 5.74) is 0.363. The number of carboxylic acid groups (broad SMARTS) is 1.